The molecule has 1 amide bonds. The molecule has 2 fully saturated rings. The third kappa shape index (κ3) is 3.51. The van der Waals surface area contributed by atoms with Gasteiger partial charge in [0.15, 0.2) is 0 Å². The van der Waals surface area contributed by atoms with Gasteiger partial charge in [-0.05, 0) is 63.4 Å². The van der Waals surface area contributed by atoms with Crippen molar-refractivity contribution in [2.75, 3.05) is 19.6 Å². The molecule has 1 unspecified atom stereocenters. The van der Waals surface area contributed by atoms with Crippen LogP contribution in [0, 0.1) is 12.7 Å². The van der Waals surface area contributed by atoms with Crippen molar-refractivity contribution in [3.8, 4) is 0 Å². The lowest BCUT2D eigenvalue weighted by Gasteiger charge is -2.28. The van der Waals surface area contributed by atoms with Gasteiger partial charge in [-0.2, -0.15) is 5.10 Å². The van der Waals surface area contributed by atoms with Gasteiger partial charge < -0.3 is 5.32 Å². The van der Waals surface area contributed by atoms with Crippen molar-refractivity contribution >= 4 is 5.91 Å². The van der Waals surface area contributed by atoms with Crippen molar-refractivity contribution in [1.29, 1.82) is 0 Å². The Labute approximate surface area is 153 Å². The highest BCUT2D eigenvalue weighted by molar-refractivity contribution is 5.96. The average molecular weight is 356 g/mol. The minimum atomic E-state index is -0.235. The van der Waals surface area contributed by atoms with E-state index in [9.17, 15) is 9.18 Å². The first kappa shape index (κ1) is 17.2. The summed E-state index contributed by atoms with van der Waals surface area (Å²) in [7, 11) is 0. The number of hydrogen-bond donors (Lipinski definition) is 2. The molecule has 2 aliphatic rings. The number of aryl methyl sites for hydroxylation is 1. The molecule has 0 radical (unpaired) electrons. The third-order valence-corrected chi connectivity index (χ3v) is 5.46. The van der Waals surface area contributed by atoms with Crippen LogP contribution in [0.5, 0.6) is 0 Å². The van der Waals surface area contributed by atoms with E-state index in [0.717, 1.165) is 55.7 Å². The zero-order valence-electron chi connectivity index (χ0n) is 15.1. The fourth-order valence-corrected chi connectivity index (χ4v) is 3.86. The van der Waals surface area contributed by atoms with E-state index in [2.05, 4.69) is 20.4 Å². The number of benzene rings is 1. The smallest absolute Gasteiger partial charge is 0.255 e. The van der Waals surface area contributed by atoms with Gasteiger partial charge in [-0.1, -0.05) is 12.1 Å². The number of nitrogens with zero attached hydrogens (tertiary/aromatic N) is 2. The zero-order chi connectivity index (χ0) is 18.1. The second kappa shape index (κ2) is 7.19. The molecule has 1 aromatic heterocycles. The molecule has 1 aromatic carbocycles. The first-order chi connectivity index (χ1) is 12.6. The van der Waals surface area contributed by atoms with Crippen LogP contribution in [0.4, 0.5) is 4.39 Å². The first-order valence-electron chi connectivity index (χ1n) is 9.46. The van der Waals surface area contributed by atoms with E-state index in [1.807, 2.05) is 19.1 Å². The molecule has 2 aromatic rings. The second-order valence-electron chi connectivity index (χ2n) is 7.40. The largest absolute Gasteiger partial charge is 0.350 e. The fraction of sp³-hybridized carbons (Fsp3) is 0.500. The number of likely N-dealkylation sites (tertiary alicyclic amines) is 1. The van der Waals surface area contributed by atoms with Crippen molar-refractivity contribution in [2.24, 2.45) is 0 Å². The number of aromatic nitrogens is 2. The van der Waals surface area contributed by atoms with Gasteiger partial charge >= 0.3 is 0 Å². The summed E-state index contributed by atoms with van der Waals surface area (Å²) < 4.78 is 13.3. The van der Waals surface area contributed by atoms with E-state index in [-0.39, 0.29) is 17.8 Å². The molecule has 6 heteroatoms. The summed E-state index contributed by atoms with van der Waals surface area (Å²) >= 11 is 0. The van der Waals surface area contributed by atoms with Crippen LogP contribution in [0.25, 0.3) is 0 Å². The fourth-order valence-electron chi connectivity index (χ4n) is 3.86. The van der Waals surface area contributed by atoms with Gasteiger partial charge in [0.1, 0.15) is 5.82 Å². The molecule has 1 atom stereocenters. The molecule has 1 aliphatic heterocycles. The predicted molar refractivity (Wildman–Crippen MR) is 97.6 cm³/mol. The molecule has 138 valence electrons. The van der Waals surface area contributed by atoms with Crippen LogP contribution in [-0.4, -0.2) is 40.6 Å². The molecule has 1 saturated carbocycles. The van der Waals surface area contributed by atoms with E-state index in [1.54, 1.807) is 0 Å². The van der Waals surface area contributed by atoms with Crippen molar-refractivity contribution in [2.45, 2.75) is 44.6 Å². The topological polar surface area (TPSA) is 61.0 Å². The molecular formula is C20H25FN4O. The maximum Gasteiger partial charge on any atom is 0.255 e. The van der Waals surface area contributed by atoms with Crippen molar-refractivity contribution in [3.63, 3.8) is 0 Å². The van der Waals surface area contributed by atoms with Gasteiger partial charge in [0.25, 0.3) is 5.91 Å². The van der Waals surface area contributed by atoms with Gasteiger partial charge in [-0.3, -0.25) is 14.8 Å². The van der Waals surface area contributed by atoms with Crippen molar-refractivity contribution in [1.82, 2.24) is 20.4 Å². The molecule has 0 bridgehead atoms. The number of carbonyl (C=O) groups excluding carboxylic acids is 1. The van der Waals surface area contributed by atoms with Crippen LogP contribution >= 0.6 is 0 Å². The molecule has 2 heterocycles. The van der Waals surface area contributed by atoms with E-state index < -0.39 is 0 Å². The Balaban J connectivity index is 1.50. The monoisotopic (exact) mass is 356 g/mol. The van der Waals surface area contributed by atoms with E-state index in [1.165, 1.54) is 12.1 Å². The standard InChI is InChI=1S/C20H25FN4O/c1-13-18(19(24-23-13)15-4-5-15)20(26)22-12-17(25-10-2-3-11-25)14-6-8-16(21)9-7-14/h6-9,15,17H,2-5,10-12H2,1H3,(H,22,26)(H,23,24). The van der Waals surface area contributed by atoms with Crippen LogP contribution in [0.15, 0.2) is 24.3 Å². The van der Waals surface area contributed by atoms with Crippen molar-refractivity contribution < 1.29 is 9.18 Å². The molecule has 1 aliphatic carbocycles. The zero-order valence-corrected chi connectivity index (χ0v) is 15.1. The minimum Gasteiger partial charge on any atom is -0.350 e. The summed E-state index contributed by atoms with van der Waals surface area (Å²) in [6, 6.07) is 6.70. The summed E-state index contributed by atoms with van der Waals surface area (Å²) in [5.41, 5.74) is 3.47. The number of H-pyrrole nitrogens is 1. The quantitative estimate of drug-likeness (QED) is 0.835. The van der Waals surface area contributed by atoms with Gasteiger partial charge in [-0.25, -0.2) is 4.39 Å². The normalized spacial score (nSPS) is 18.8. The number of hydrogen-bond acceptors (Lipinski definition) is 3. The molecule has 1 saturated heterocycles. The van der Waals surface area contributed by atoms with Crippen LogP contribution in [0.1, 0.15) is 65.0 Å². The predicted octanol–water partition coefficient (Wildman–Crippen LogP) is 3.30. The molecule has 26 heavy (non-hydrogen) atoms. The Bertz CT molecular complexity index is 776. The van der Waals surface area contributed by atoms with E-state index >= 15 is 0 Å². The van der Waals surface area contributed by atoms with E-state index in [4.69, 9.17) is 0 Å². The summed E-state index contributed by atoms with van der Waals surface area (Å²) in [4.78, 5) is 15.2. The van der Waals surface area contributed by atoms with Crippen LogP contribution in [-0.2, 0) is 0 Å². The Morgan fingerprint density at radius 2 is 2.00 bits per heavy atom. The van der Waals surface area contributed by atoms with Crippen LogP contribution in [0.3, 0.4) is 0 Å². The maximum absolute atomic E-state index is 13.3. The molecule has 0 spiro atoms. The van der Waals surface area contributed by atoms with Crippen molar-refractivity contribution in [3.05, 3.63) is 52.6 Å². The molecular weight excluding hydrogens is 331 g/mol. The number of amides is 1. The summed E-state index contributed by atoms with van der Waals surface area (Å²) in [6.45, 7) is 4.43. The summed E-state index contributed by atoms with van der Waals surface area (Å²) in [5.74, 6) is 0.123. The Hall–Kier alpha value is -2.21. The van der Waals surface area contributed by atoms with Gasteiger partial charge in [0.05, 0.1) is 17.3 Å². The second-order valence-corrected chi connectivity index (χ2v) is 7.40. The number of rotatable bonds is 6. The number of carbonyl (C=O) groups is 1. The number of nitrogens with one attached hydrogen (secondary N) is 2. The summed E-state index contributed by atoms with van der Waals surface area (Å²) in [5, 5.41) is 10.4. The highest BCUT2D eigenvalue weighted by Crippen LogP contribution is 2.41. The SMILES string of the molecule is Cc1[nH]nc(C2CC2)c1C(=O)NCC(c1ccc(F)cc1)N1CCCC1. The Kier molecular flexibility index (Phi) is 4.76. The van der Waals surface area contributed by atoms with Crippen LogP contribution in [0.2, 0.25) is 0 Å². The first-order valence-corrected chi connectivity index (χ1v) is 9.46. The average Bonchev–Trinajstić information content (AvgIpc) is 3.19. The third-order valence-electron chi connectivity index (χ3n) is 5.46. The lowest BCUT2D eigenvalue weighted by atomic mass is 10.0. The van der Waals surface area contributed by atoms with Gasteiger partial charge in [0, 0.05) is 18.2 Å². The Morgan fingerprint density at radius 3 is 2.65 bits per heavy atom. The minimum absolute atomic E-state index is 0.0653. The molecule has 5 nitrogen and oxygen atoms in total. The molecule has 2 N–H and O–H groups in total. The van der Waals surface area contributed by atoms with Gasteiger partial charge in [0.2, 0.25) is 0 Å². The van der Waals surface area contributed by atoms with Gasteiger partial charge in [-0.15, -0.1) is 0 Å². The van der Waals surface area contributed by atoms with Crippen LogP contribution < -0.4 is 5.32 Å². The van der Waals surface area contributed by atoms with E-state index in [0.29, 0.717) is 18.0 Å². The number of halogens is 1. The summed E-state index contributed by atoms with van der Waals surface area (Å²) in [6.07, 6.45) is 4.55. The lowest BCUT2D eigenvalue weighted by Crippen LogP contribution is -2.37. The lowest BCUT2D eigenvalue weighted by molar-refractivity contribution is 0.0936. The number of aromatic amines is 1. The highest BCUT2D eigenvalue weighted by atomic mass is 19.1. The maximum atomic E-state index is 13.3. The highest BCUT2D eigenvalue weighted by Gasteiger charge is 2.32. The Morgan fingerprint density at radius 1 is 1.31 bits per heavy atom. The molecule has 4 rings (SSSR count).